The van der Waals surface area contributed by atoms with Crippen LogP contribution in [0.2, 0.25) is 0 Å². The largest absolute Gasteiger partial charge is 0.330 e. The molecule has 0 fully saturated rings. The van der Waals surface area contributed by atoms with E-state index in [0.717, 1.165) is 63.2 Å². The van der Waals surface area contributed by atoms with E-state index >= 15 is 0 Å². The molecule has 0 spiro atoms. The summed E-state index contributed by atoms with van der Waals surface area (Å²) in [7, 11) is 0. The molecule has 3 rings (SSSR count). The van der Waals surface area contributed by atoms with Crippen LogP contribution in [0.25, 0.3) is 6.08 Å². The van der Waals surface area contributed by atoms with Gasteiger partial charge in [-0.15, -0.1) is 0 Å². The first-order valence-electron chi connectivity index (χ1n) is 9.59. The highest BCUT2D eigenvalue weighted by Crippen LogP contribution is 2.18. The number of pyridine rings is 1. The van der Waals surface area contributed by atoms with Crippen LogP contribution < -0.4 is 11.1 Å². The molecule has 3 N–H and O–H groups in total. The van der Waals surface area contributed by atoms with Crippen molar-refractivity contribution in [3.8, 4) is 0 Å². The van der Waals surface area contributed by atoms with Gasteiger partial charge in [-0.05, 0) is 55.1 Å². The summed E-state index contributed by atoms with van der Waals surface area (Å²) in [5, 5.41) is 3.70. The number of fused-ring (bicyclic) bond motifs is 1. The van der Waals surface area contributed by atoms with Gasteiger partial charge in [0.25, 0.3) is 0 Å². The molecular formula is C22H30N4. The number of benzene rings is 1. The van der Waals surface area contributed by atoms with Crippen molar-refractivity contribution in [2.45, 2.75) is 38.4 Å². The number of rotatable bonds is 9. The van der Waals surface area contributed by atoms with Crippen molar-refractivity contribution < 1.29 is 0 Å². The summed E-state index contributed by atoms with van der Waals surface area (Å²) in [6.07, 6.45) is 7.04. The topological polar surface area (TPSA) is 54.2 Å². The van der Waals surface area contributed by atoms with Gasteiger partial charge in [0, 0.05) is 31.9 Å². The first kappa shape index (κ1) is 18.8. The molecule has 2 aromatic rings. The van der Waals surface area contributed by atoms with Crippen LogP contribution in [0.15, 0.2) is 49.2 Å². The van der Waals surface area contributed by atoms with Crippen molar-refractivity contribution in [3.63, 3.8) is 0 Å². The first-order chi connectivity index (χ1) is 12.8. The zero-order chi connectivity index (χ0) is 18.2. The van der Waals surface area contributed by atoms with E-state index in [0.29, 0.717) is 6.04 Å². The molecular weight excluding hydrogens is 320 g/mol. The summed E-state index contributed by atoms with van der Waals surface area (Å²) in [4.78, 5) is 7.10. The quantitative estimate of drug-likeness (QED) is 0.683. The van der Waals surface area contributed by atoms with Crippen molar-refractivity contribution in [1.82, 2.24) is 15.2 Å². The van der Waals surface area contributed by atoms with E-state index in [4.69, 9.17) is 5.73 Å². The standard InChI is InChI=1S/C22H30N4/c1-2-18-10-7-12-24-22(18)17-26(13-6-5-11-23)16-21-14-19-8-3-4-9-20(19)15-25-21/h2-4,7-10,12,21,25H,1,5-6,11,13-17,23H2/t21-/m1/s1. The summed E-state index contributed by atoms with van der Waals surface area (Å²) in [6, 6.07) is 13.3. The van der Waals surface area contributed by atoms with Crippen LogP contribution in [-0.2, 0) is 19.5 Å². The third-order valence-corrected chi connectivity index (χ3v) is 5.09. The molecule has 0 saturated carbocycles. The second-order valence-electron chi connectivity index (χ2n) is 7.03. The molecule has 0 unspecified atom stereocenters. The highest BCUT2D eigenvalue weighted by atomic mass is 15.2. The van der Waals surface area contributed by atoms with Crippen LogP contribution in [0.1, 0.15) is 35.2 Å². The number of nitrogens with zero attached hydrogens (tertiary/aromatic N) is 2. The Bertz CT molecular complexity index is 713. The molecule has 2 heterocycles. The van der Waals surface area contributed by atoms with Gasteiger partial charge in [-0.25, -0.2) is 0 Å². The van der Waals surface area contributed by atoms with E-state index in [9.17, 15) is 0 Å². The summed E-state index contributed by atoms with van der Waals surface area (Å²) in [6.45, 7) is 8.56. The maximum Gasteiger partial charge on any atom is 0.0615 e. The Labute approximate surface area is 157 Å². The molecule has 4 nitrogen and oxygen atoms in total. The SMILES string of the molecule is C=Cc1cccnc1CN(CCCCN)C[C@H]1Cc2ccccc2CN1. The van der Waals surface area contributed by atoms with Crippen molar-refractivity contribution in [3.05, 3.63) is 71.6 Å². The predicted molar refractivity (Wildman–Crippen MR) is 109 cm³/mol. The Hall–Kier alpha value is -2.01. The summed E-state index contributed by atoms with van der Waals surface area (Å²) in [5.41, 5.74) is 10.8. The van der Waals surface area contributed by atoms with Crippen LogP contribution in [0.4, 0.5) is 0 Å². The number of hydrogen-bond acceptors (Lipinski definition) is 4. The van der Waals surface area contributed by atoms with Gasteiger partial charge in [-0.1, -0.05) is 43.0 Å². The van der Waals surface area contributed by atoms with Crippen molar-refractivity contribution in [1.29, 1.82) is 0 Å². The van der Waals surface area contributed by atoms with E-state index in [1.165, 1.54) is 11.1 Å². The third kappa shape index (κ3) is 5.01. The van der Waals surface area contributed by atoms with Gasteiger partial charge in [-0.2, -0.15) is 0 Å². The molecule has 1 aliphatic rings. The Morgan fingerprint density at radius 3 is 2.85 bits per heavy atom. The summed E-state index contributed by atoms with van der Waals surface area (Å²) < 4.78 is 0. The average molecular weight is 351 g/mol. The van der Waals surface area contributed by atoms with Gasteiger partial charge in [0.05, 0.1) is 5.69 Å². The lowest BCUT2D eigenvalue weighted by atomic mass is 9.95. The molecule has 0 amide bonds. The number of aromatic nitrogens is 1. The monoisotopic (exact) mass is 350 g/mol. The molecule has 1 aromatic heterocycles. The van der Waals surface area contributed by atoms with Gasteiger partial charge < -0.3 is 11.1 Å². The minimum Gasteiger partial charge on any atom is -0.330 e. The molecule has 1 aliphatic heterocycles. The zero-order valence-corrected chi connectivity index (χ0v) is 15.5. The minimum atomic E-state index is 0.471. The normalized spacial score (nSPS) is 16.5. The summed E-state index contributed by atoms with van der Waals surface area (Å²) in [5.74, 6) is 0. The maximum absolute atomic E-state index is 5.69. The van der Waals surface area contributed by atoms with E-state index in [1.54, 1.807) is 0 Å². The van der Waals surface area contributed by atoms with Gasteiger partial charge in [0.1, 0.15) is 0 Å². The molecule has 1 atom stereocenters. The van der Waals surface area contributed by atoms with Crippen LogP contribution >= 0.6 is 0 Å². The Balaban J connectivity index is 1.67. The highest BCUT2D eigenvalue weighted by Gasteiger charge is 2.20. The molecule has 138 valence electrons. The fourth-order valence-electron chi connectivity index (χ4n) is 3.66. The van der Waals surface area contributed by atoms with Crippen molar-refractivity contribution in [2.75, 3.05) is 19.6 Å². The van der Waals surface area contributed by atoms with Crippen LogP contribution in [0.3, 0.4) is 0 Å². The Morgan fingerprint density at radius 1 is 1.19 bits per heavy atom. The highest BCUT2D eigenvalue weighted by molar-refractivity contribution is 5.49. The lowest BCUT2D eigenvalue weighted by molar-refractivity contribution is 0.222. The van der Waals surface area contributed by atoms with Gasteiger partial charge in [0.15, 0.2) is 0 Å². The smallest absolute Gasteiger partial charge is 0.0615 e. The number of unbranched alkanes of at least 4 members (excludes halogenated alkanes) is 1. The van der Waals surface area contributed by atoms with Gasteiger partial charge >= 0.3 is 0 Å². The third-order valence-electron chi connectivity index (χ3n) is 5.09. The number of hydrogen-bond donors (Lipinski definition) is 2. The molecule has 26 heavy (non-hydrogen) atoms. The molecule has 0 bridgehead atoms. The molecule has 4 heteroatoms. The zero-order valence-electron chi connectivity index (χ0n) is 15.5. The van der Waals surface area contributed by atoms with E-state index in [-0.39, 0.29) is 0 Å². The Morgan fingerprint density at radius 2 is 2.04 bits per heavy atom. The van der Waals surface area contributed by atoms with Crippen LogP contribution in [0.5, 0.6) is 0 Å². The lowest BCUT2D eigenvalue weighted by Crippen LogP contribution is -2.45. The first-order valence-corrected chi connectivity index (χ1v) is 9.59. The summed E-state index contributed by atoms with van der Waals surface area (Å²) >= 11 is 0. The van der Waals surface area contributed by atoms with Gasteiger partial charge in [-0.3, -0.25) is 9.88 Å². The average Bonchev–Trinajstić information content (AvgIpc) is 2.68. The predicted octanol–water partition coefficient (Wildman–Crippen LogP) is 2.98. The van der Waals surface area contributed by atoms with Crippen molar-refractivity contribution >= 4 is 6.08 Å². The lowest BCUT2D eigenvalue weighted by Gasteiger charge is -2.32. The number of nitrogens with one attached hydrogen (secondary N) is 1. The number of nitrogens with two attached hydrogens (primary N) is 1. The Kier molecular flexibility index (Phi) is 6.95. The maximum atomic E-state index is 5.69. The molecule has 0 radical (unpaired) electrons. The fourth-order valence-corrected chi connectivity index (χ4v) is 3.66. The fraction of sp³-hybridized carbons (Fsp3) is 0.409. The second kappa shape index (κ2) is 9.62. The van der Waals surface area contributed by atoms with E-state index < -0.39 is 0 Å². The van der Waals surface area contributed by atoms with Crippen LogP contribution in [0, 0.1) is 0 Å². The van der Waals surface area contributed by atoms with Gasteiger partial charge in [0.2, 0.25) is 0 Å². The molecule has 0 aliphatic carbocycles. The second-order valence-corrected chi connectivity index (χ2v) is 7.03. The van der Waals surface area contributed by atoms with E-state index in [1.807, 2.05) is 18.3 Å². The van der Waals surface area contributed by atoms with Crippen molar-refractivity contribution in [2.24, 2.45) is 5.73 Å². The van der Waals surface area contributed by atoms with E-state index in [2.05, 4.69) is 52.1 Å². The molecule has 1 aromatic carbocycles. The van der Waals surface area contributed by atoms with Crippen LogP contribution in [-0.4, -0.2) is 35.6 Å². The molecule has 0 saturated heterocycles. The minimum absolute atomic E-state index is 0.471.